The van der Waals surface area contributed by atoms with Crippen molar-refractivity contribution < 1.29 is 14.5 Å². The van der Waals surface area contributed by atoms with Crippen LogP contribution in [0.25, 0.3) is 5.57 Å². The first-order valence-corrected chi connectivity index (χ1v) is 8.14. The number of nitro groups is 1. The standard InChI is InChI=1S/C17H19N3O4/c1-2-9-19-16(21)14(12-5-7-13(8-6-12)20(23)24)15(17(19)22)18-10-3-4-11-18/h5-8H,2-4,9-11H2,1H3. The van der Waals surface area contributed by atoms with Crippen molar-refractivity contribution in [3.8, 4) is 0 Å². The summed E-state index contributed by atoms with van der Waals surface area (Å²) in [7, 11) is 0. The van der Waals surface area contributed by atoms with E-state index in [2.05, 4.69) is 0 Å². The van der Waals surface area contributed by atoms with Gasteiger partial charge in [-0.2, -0.15) is 0 Å². The third-order valence-corrected chi connectivity index (χ3v) is 4.38. The number of nitro benzene ring substituents is 1. The molecule has 1 saturated heterocycles. The van der Waals surface area contributed by atoms with Gasteiger partial charge in [0.2, 0.25) is 0 Å². The van der Waals surface area contributed by atoms with Gasteiger partial charge >= 0.3 is 0 Å². The predicted octanol–water partition coefficient (Wildman–Crippen LogP) is 2.18. The van der Waals surface area contributed by atoms with Gasteiger partial charge < -0.3 is 4.90 Å². The molecule has 2 amide bonds. The fraction of sp³-hybridized carbons (Fsp3) is 0.412. The van der Waals surface area contributed by atoms with E-state index in [1.807, 2.05) is 11.8 Å². The number of nitrogens with zero attached hydrogens (tertiary/aromatic N) is 3. The molecule has 24 heavy (non-hydrogen) atoms. The lowest BCUT2D eigenvalue weighted by Gasteiger charge is -2.19. The van der Waals surface area contributed by atoms with Crippen molar-refractivity contribution in [2.75, 3.05) is 19.6 Å². The van der Waals surface area contributed by atoms with E-state index in [1.165, 1.54) is 17.0 Å². The molecule has 1 aromatic rings. The van der Waals surface area contributed by atoms with E-state index >= 15 is 0 Å². The summed E-state index contributed by atoms with van der Waals surface area (Å²) < 4.78 is 0. The van der Waals surface area contributed by atoms with Crippen molar-refractivity contribution in [2.24, 2.45) is 0 Å². The number of amides is 2. The summed E-state index contributed by atoms with van der Waals surface area (Å²) in [4.78, 5) is 39.1. The van der Waals surface area contributed by atoms with Crippen molar-refractivity contribution >= 4 is 23.1 Å². The Kier molecular flexibility index (Phi) is 4.33. The number of imide groups is 1. The van der Waals surface area contributed by atoms with Gasteiger partial charge in [0, 0.05) is 31.8 Å². The molecule has 0 radical (unpaired) electrons. The third kappa shape index (κ3) is 2.66. The van der Waals surface area contributed by atoms with Crippen LogP contribution in [-0.4, -0.2) is 46.2 Å². The zero-order valence-corrected chi connectivity index (χ0v) is 13.5. The second kappa shape index (κ2) is 6.43. The minimum atomic E-state index is -0.482. The number of likely N-dealkylation sites (tertiary alicyclic amines) is 1. The first kappa shape index (κ1) is 16.2. The van der Waals surface area contributed by atoms with Crippen LogP contribution in [0.3, 0.4) is 0 Å². The van der Waals surface area contributed by atoms with Crippen LogP contribution in [0, 0.1) is 10.1 Å². The van der Waals surface area contributed by atoms with Crippen LogP contribution in [0.5, 0.6) is 0 Å². The van der Waals surface area contributed by atoms with Crippen LogP contribution in [0.2, 0.25) is 0 Å². The first-order valence-electron chi connectivity index (χ1n) is 8.14. The minimum Gasteiger partial charge on any atom is -0.366 e. The maximum absolute atomic E-state index is 12.8. The highest BCUT2D eigenvalue weighted by Gasteiger charge is 2.41. The van der Waals surface area contributed by atoms with Gasteiger partial charge in [-0.05, 0) is 37.0 Å². The summed E-state index contributed by atoms with van der Waals surface area (Å²) in [6, 6.07) is 5.82. The van der Waals surface area contributed by atoms with E-state index in [-0.39, 0.29) is 17.5 Å². The van der Waals surface area contributed by atoms with Gasteiger partial charge in [-0.3, -0.25) is 24.6 Å². The molecule has 126 valence electrons. The molecule has 0 spiro atoms. The van der Waals surface area contributed by atoms with E-state index in [4.69, 9.17) is 0 Å². The number of hydrogen-bond acceptors (Lipinski definition) is 5. The van der Waals surface area contributed by atoms with Crippen LogP contribution in [0.1, 0.15) is 31.7 Å². The molecule has 0 atom stereocenters. The van der Waals surface area contributed by atoms with Gasteiger partial charge in [-0.25, -0.2) is 0 Å². The summed E-state index contributed by atoms with van der Waals surface area (Å²) in [6.07, 6.45) is 2.68. The Morgan fingerprint density at radius 2 is 1.71 bits per heavy atom. The zero-order valence-electron chi connectivity index (χ0n) is 13.5. The van der Waals surface area contributed by atoms with Crippen molar-refractivity contribution in [3.63, 3.8) is 0 Å². The molecule has 0 saturated carbocycles. The monoisotopic (exact) mass is 329 g/mol. The third-order valence-electron chi connectivity index (χ3n) is 4.38. The predicted molar refractivity (Wildman–Crippen MR) is 87.8 cm³/mol. The SMILES string of the molecule is CCCN1C(=O)C(c2ccc([N+](=O)[O-])cc2)=C(N2CCCC2)C1=O. The molecule has 0 aliphatic carbocycles. The molecule has 2 aliphatic heterocycles. The van der Waals surface area contributed by atoms with Gasteiger partial charge in [0.25, 0.3) is 17.5 Å². The fourth-order valence-electron chi connectivity index (χ4n) is 3.23. The van der Waals surface area contributed by atoms with Crippen LogP contribution in [0.15, 0.2) is 30.0 Å². The van der Waals surface area contributed by atoms with Gasteiger partial charge in [0.15, 0.2) is 0 Å². The Morgan fingerprint density at radius 3 is 2.25 bits per heavy atom. The van der Waals surface area contributed by atoms with Crippen molar-refractivity contribution in [2.45, 2.75) is 26.2 Å². The largest absolute Gasteiger partial charge is 0.366 e. The summed E-state index contributed by atoms with van der Waals surface area (Å²) in [5, 5.41) is 10.8. The Labute approximate surface area is 139 Å². The molecule has 0 bridgehead atoms. The lowest BCUT2D eigenvalue weighted by molar-refractivity contribution is -0.384. The molecular formula is C17H19N3O4. The second-order valence-electron chi connectivity index (χ2n) is 5.98. The molecule has 7 nitrogen and oxygen atoms in total. The summed E-state index contributed by atoms with van der Waals surface area (Å²) in [5.41, 5.74) is 1.33. The van der Waals surface area contributed by atoms with E-state index in [0.717, 1.165) is 25.9 Å². The molecule has 0 unspecified atom stereocenters. The molecule has 2 aliphatic rings. The highest BCUT2D eigenvalue weighted by Crippen LogP contribution is 2.34. The fourth-order valence-corrected chi connectivity index (χ4v) is 3.23. The lowest BCUT2D eigenvalue weighted by atomic mass is 10.0. The van der Waals surface area contributed by atoms with Gasteiger partial charge in [-0.1, -0.05) is 6.92 Å². The summed E-state index contributed by atoms with van der Waals surface area (Å²) in [5.74, 6) is -0.560. The molecule has 2 heterocycles. The minimum absolute atomic E-state index is 0.0377. The molecule has 0 N–H and O–H groups in total. The maximum atomic E-state index is 12.8. The Morgan fingerprint density at radius 1 is 1.08 bits per heavy atom. The van der Waals surface area contributed by atoms with Crippen molar-refractivity contribution in [1.82, 2.24) is 9.80 Å². The van der Waals surface area contributed by atoms with E-state index in [9.17, 15) is 19.7 Å². The number of non-ortho nitro benzene ring substituents is 1. The highest BCUT2D eigenvalue weighted by molar-refractivity contribution is 6.35. The number of carbonyl (C=O) groups is 2. The smallest absolute Gasteiger partial charge is 0.277 e. The number of benzene rings is 1. The number of hydrogen-bond donors (Lipinski definition) is 0. The van der Waals surface area contributed by atoms with Gasteiger partial charge in [0.1, 0.15) is 5.70 Å². The average Bonchev–Trinajstić information content (AvgIpc) is 3.17. The normalized spacial score (nSPS) is 18.0. The lowest BCUT2D eigenvalue weighted by Crippen LogP contribution is -2.35. The van der Waals surface area contributed by atoms with Crippen LogP contribution >= 0.6 is 0 Å². The van der Waals surface area contributed by atoms with Crippen LogP contribution in [-0.2, 0) is 9.59 Å². The maximum Gasteiger partial charge on any atom is 0.277 e. The molecule has 3 rings (SSSR count). The Bertz CT molecular complexity index is 718. The molecular weight excluding hydrogens is 310 g/mol. The molecule has 7 heteroatoms. The Balaban J connectivity index is 2.05. The topological polar surface area (TPSA) is 83.8 Å². The van der Waals surface area contributed by atoms with Gasteiger partial charge in [0.05, 0.1) is 10.5 Å². The van der Waals surface area contributed by atoms with Crippen LogP contribution < -0.4 is 0 Å². The molecule has 1 aromatic carbocycles. The number of rotatable bonds is 5. The average molecular weight is 329 g/mol. The number of carbonyl (C=O) groups excluding carboxylic acids is 2. The quantitative estimate of drug-likeness (QED) is 0.470. The Hall–Kier alpha value is -2.70. The second-order valence-corrected chi connectivity index (χ2v) is 5.98. The first-order chi connectivity index (χ1) is 11.5. The van der Waals surface area contributed by atoms with Crippen molar-refractivity contribution in [3.05, 3.63) is 45.6 Å². The van der Waals surface area contributed by atoms with E-state index in [0.29, 0.717) is 29.8 Å². The van der Waals surface area contributed by atoms with E-state index < -0.39 is 4.92 Å². The van der Waals surface area contributed by atoms with Gasteiger partial charge in [-0.15, -0.1) is 0 Å². The summed E-state index contributed by atoms with van der Waals surface area (Å²) in [6.45, 7) is 3.81. The van der Waals surface area contributed by atoms with Crippen LogP contribution in [0.4, 0.5) is 5.69 Å². The zero-order chi connectivity index (χ0) is 17.3. The van der Waals surface area contributed by atoms with E-state index in [1.54, 1.807) is 12.1 Å². The van der Waals surface area contributed by atoms with Crippen molar-refractivity contribution in [1.29, 1.82) is 0 Å². The molecule has 0 aromatic heterocycles. The highest BCUT2D eigenvalue weighted by atomic mass is 16.6. The molecule has 1 fully saturated rings. The summed E-state index contributed by atoms with van der Waals surface area (Å²) >= 11 is 0.